The Balaban J connectivity index is 1.58. The maximum Gasteiger partial charge on any atom is 0.122 e. The summed E-state index contributed by atoms with van der Waals surface area (Å²) in [5.74, 6) is 2.03. The number of rotatable bonds is 5. The molecule has 1 heterocycles. The van der Waals surface area contributed by atoms with Crippen molar-refractivity contribution >= 4 is 11.8 Å². The van der Waals surface area contributed by atoms with Crippen molar-refractivity contribution in [1.82, 2.24) is 4.98 Å². The van der Waals surface area contributed by atoms with Crippen LogP contribution in [0.4, 0.5) is 0 Å². The molecule has 0 aromatic carbocycles. The van der Waals surface area contributed by atoms with Crippen molar-refractivity contribution in [2.45, 2.75) is 37.4 Å². The highest BCUT2D eigenvalue weighted by Gasteiger charge is 2.12. The Bertz CT molecular complexity index is 285. The minimum Gasteiger partial charge on any atom is -0.493 e. The molecule has 1 saturated carbocycles. The largest absolute Gasteiger partial charge is 0.493 e. The van der Waals surface area contributed by atoms with Crippen molar-refractivity contribution in [2.75, 3.05) is 12.4 Å². The Morgan fingerprint density at radius 2 is 1.94 bits per heavy atom. The molecular formula is C13H19NOS. The molecule has 0 N–H and O–H groups in total. The lowest BCUT2D eigenvalue weighted by atomic mass is 10.0. The number of aromatic nitrogens is 1. The van der Waals surface area contributed by atoms with Gasteiger partial charge in [0.2, 0.25) is 0 Å². The Kier molecular flexibility index (Phi) is 5.00. The second-order valence-electron chi connectivity index (χ2n) is 4.16. The van der Waals surface area contributed by atoms with Crippen molar-refractivity contribution < 1.29 is 4.74 Å². The summed E-state index contributed by atoms with van der Waals surface area (Å²) in [6.45, 7) is 0.811. The van der Waals surface area contributed by atoms with Crippen LogP contribution in [0.25, 0.3) is 0 Å². The first-order chi connectivity index (χ1) is 7.95. The maximum atomic E-state index is 5.64. The van der Waals surface area contributed by atoms with Gasteiger partial charge in [0.25, 0.3) is 0 Å². The second-order valence-corrected chi connectivity index (χ2v) is 5.57. The van der Waals surface area contributed by atoms with Gasteiger partial charge in [0.1, 0.15) is 5.75 Å². The first kappa shape index (κ1) is 11.8. The lowest BCUT2D eigenvalue weighted by Crippen LogP contribution is -2.11. The summed E-state index contributed by atoms with van der Waals surface area (Å²) in [5, 5.41) is 0.884. The minimum absolute atomic E-state index is 0.811. The average Bonchev–Trinajstić information content (AvgIpc) is 2.37. The third kappa shape index (κ3) is 4.05. The van der Waals surface area contributed by atoms with Crippen LogP contribution < -0.4 is 4.74 Å². The van der Waals surface area contributed by atoms with Gasteiger partial charge in [-0.05, 0) is 25.0 Å². The maximum absolute atomic E-state index is 5.64. The highest BCUT2D eigenvalue weighted by atomic mass is 32.2. The lowest BCUT2D eigenvalue weighted by Gasteiger charge is -2.20. The minimum atomic E-state index is 0.811. The molecule has 1 aromatic rings. The van der Waals surface area contributed by atoms with Crippen LogP contribution in [0, 0.1) is 0 Å². The molecule has 88 valence electrons. The third-order valence-corrected chi connectivity index (χ3v) is 4.25. The Hall–Kier alpha value is -0.700. The summed E-state index contributed by atoms with van der Waals surface area (Å²) in [5.41, 5.74) is 0. The van der Waals surface area contributed by atoms with Crippen LogP contribution in [0.2, 0.25) is 0 Å². The number of hydrogen-bond donors (Lipinski definition) is 0. The van der Waals surface area contributed by atoms with Gasteiger partial charge in [0.15, 0.2) is 0 Å². The smallest absolute Gasteiger partial charge is 0.122 e. The fourth-order valence-corrected chi connectivity index (χ4v) is 3.22. The van der Waals surface area contributed by atoms with Crippen molar-refractivity contribution in [3.05, 3.63) is 24.5 Å². The van der Waals surface area contributed by atoms with Gasteiger partial charge >= 0.3 is 0 Å². The van der Waals surface area contributed by atoms with Gasteiger partial charge in [0.05, 0.1) is 6.61 Å². The molecule has 0 amide bonds. The molecule has 0 saturated heterocycles. The molecule has 1 aromatic heterocycles. The van der Waals surface area contributed by atoms with Crippen LogP contribution in [-0.4, -0.2) is 22.6 Å². The molecule has 2 nitrogen and oxygen atoms in total. The molecule has 0 spiro atoms. The van der Waals surface area contributed by atoms with E-state index in [-0.39, 0.29) is 0 Å². The van der Waals surface area contributed by atoms with Gasteiger partial charge < -0.3 is 4.74 Å². The van der Waals surface area contributed by atoms with E-state index in [1.54, 1.807) is 12.4 Å². The Labute approximate surface area is 102 Å². The highest BCUT2D eigenvalue weighted by molar-refractivity contribution is 7.99. The van der Waals surface area contributed by atoms with Crippen LogP contribution in [0.1, 0.15) is 32.1 Å². The molecule has 0 unspecified atom stereocenters. The van der Waals surface area contributed by atoms with Gasteiger partial charge in [-0.2, -0.15) is 11.8 Å². The lowest BCUT2D eigenvalue weighted by molar-refractivity contribution is 0.343. The molecule has 0 radical (unpaired) electrons. The summed E-state index contributed by atoms with van der Waals surface area (Å²) < 4.78 is 5.64. The Morgan fingerprint density at radius 1 is 1.19 bits per heavy atom. The van der Waals surface area contributed by atoms with Gasteiger partial charge in [-0.1, -0.05) is 19.3 Å². The molecule has 0 aliphatic heterocycles. The van der Waals surface area contributed by atoms with Crippen LogP contribution >= 0.6 is 11.8 Å². The third-order valence-electron chi connectivity index (χ3n) is 2.91. The molecule has 1 aliphatic rings. The molecule has 1 fully saturated rings. The van der Waals surface area contributed by atoms with E-state index in [2.05, 4.69) is 16.7 Å². The van der Waals surface area contributed by atoms with Crippen molar-refractivity contribution in [3.63, 3.8) is 0 Å². The number of thioether (sulfide) groups is 1. The van der Waals surface area contributed by atoms with E-state index < -0.39 is 0 Å². The fraction of sp³-hybridized carbons (Fsp3) is 0.615. The molecule has 16 heavy (non-hydrogen) atoms. The number of pyridine rings is 1. The van der Waals surface area contributed by atoms with Crippen molar-refractivity contribution in [1.29, 1.82) is 0 Å². The summed E-state index contributed by atoms with van der Waals surface area (Å²) in [6.07, 6.45) is 10.6. The van der Waals surface area contributed by atoms with Gasteiger partial charge in [-0.3, -0.25) is 4.98 Å². The second kappa shape index (κ2) is 6.79. The highest BCUT2D eigenvalue weighted by Crippen LogP contribution is 2.27. The molecule has 0 atom stereocenters. The molecule has 1 aliphatic carbocycles. The van der Waals surface area contributed by atoms with Gasteiger partial charge in [-0.15, -0.1) is 0 Å². The summed E-state index contributed by atoms with van der Waals surface area (Å²) in [4.78, 5) is 3.96. The molecule has 3 heteroatoms. The van der Waals surface area contributed by atoms with E-state index in [4.69, 9.17) is 4.74 Å². The van der Waals surface area contributed by atoms with Gasteiger partial charge in [-0.25, -0.2) is 0 Å². The number of ether oxygens (including phenoxy) is 1. The standard InChI is InChI=1S/C13H19NOS/c1-2-4-13(5-3-1)16-11-10-15-12-6-8-14-9-7-12/h6-9,13H,1-5,10-11H2. The van der Waals surface area contributed by atoms with E-state index in [0.29, 0.717) is 0 Å². The summed E-state index contributed by atoms with van der Waals surface area (Å²) >= 11 is 2.08. The number of hydrogen-bond acceptors (Lipinski definition) is 3. The zero-order valence-corrected chi connectivity index (χ0v) is 10.4. The van der Waals surface area contributed by atoms with Gasteiger partial charge in [0, 0.05) is 23.4 Å². The monoisotopic (exact) mass is 237 g/mol. The van der Waals surface area contributed by atoms with E-state index in [1.165, 1.54) is 32.1 Å². The molecule has 2 rings (SSSR count). The van der Waals surface area contributed by atoms with Crippen LogP contribution in [-0.2, 0) is 0 Å². The van der Waals surface area contributed by atoms with Crippen molar-refractivity contribution in [2.24, 2.45) is 0 Å². The van der Waals surface area contributed by atoms with E-state index in [9.17, 15) is 0 Å². The summed E-state index contributed by atoms with van der Waals surface area (Å²) in [6, 6.07) is 3.82. The molecule has 0 bridgehead atoms. The summed E-state index contributed by atoms with van der Waals surface area (Å²) in [7, 11) is 0. The zero-order valence-electron chi connectivity index (χ0n) is 9.60. The normalized spacial score (nSPS) is 17.2. The predicted molar refractivity (Wildman–Crippen MR) is 69.1 cm³/mol. The Morgan fingerprint density at radius 3 is 2.69 bits per heavy atom. The fourth-order valence-electron chi connectivity index (χ4n) is 2.04. The number of nitrogens with zero attached hydrogens (tertiary/aromatic N) is 1. The predicted octanol–water partition coefficient (Wildman–Crippen LogP) is 3.53. The zero-order chi connectivity index (χ0) is 11.1. The van der Waals surface area contributed by atoms with E-state index in [1.807, 2.05) is 12.1 Å². The first-order valence-electron chi connectivity index (χ1n) is 6.09. The first-order valence-corrected chi connectivity index (χ1v) is 7.14. The van der Waals surface area contributed by atoms with E-state index in [0.717, 1.165) is 23.4 Å². The van der Waals surface area contributed by atoms with Crippen LogP contribution in [0.5, 0.6) is 5.75 Å². The van der Waals surface area contributed by atoms with Crippen molar-refractivity contribution in [3.8, 4) is 5.75 Å². The average molecular weight is 237 g/mol. The topological polar surface area (TPSA) is 22.1 Å². The van der Waals surface area contributed by atoms with E-state index >= 15 is 0 Å². The van der Waals surface area contributed by atoms with Crippen LogP contribution in [0.15, 0.2) is 24.5 Å². The SMILES string of the molecule is c1cc(OCCSC2CCCCC2)ccn1. The van der Waals surface area contributed by atoms with Crippen LogP contribution in [0.3, 0.4) is 0 Å². The quantitative estimate of drug-likeness (QED) is 0.731. The molecular weight excluding hydrogens is 218 g/mol.